The fourth-order valence-corrected chi connectivity index (χ4v) is 2.00. The molecular formula is C14H17ClO3. The maximum atomic E-state index is 12.0. The van der Waals surface area contributed by atoms with Gasteiger partial charge in [-0.1, -0.05) is 11.6 Å². The molecule has 3 nitrogen and oxygen atoms in total. The monoisotopic (exact) mass is 268 g/mol. The molecule has 0 unspecified atom stereocenters. The number of halogens is 1. The summed E-state index contributed by atoms with van der Waals surface area (Å²) in [5, 5.41) is 9.17. The molecule has 0 bridgehead atoms. The Morgan fingerprint density at radius 3 is 2.33 bits per heavy atom. The summed E-state index contributed by atoms with van der Waals surface area (Å²) in [5.41, 5.74) is 2.44. The van der Waals surface area contributed by atoms with Gasteiger partial charge in [-0.05, 0) is 49.9 Å². The molecule has 4 heteroatoms. The Labute approximate surface area is 112 Å². The lowest BCUT2D eigenvalue weighted by atomic mass is 9.98. The van der Waals surface area contributed by atoms with Crippen LogP contribution in [0.2, 0.25) is 5.02 Å². The third-order valence-electron chi connectivity index (χ3n) is 2.85. The molecule has 0 aliphatic carbocycles. The number of ketones is 1. The number of carboxylic acid groups (broad SMARTS) is 1. The molecule has 1 rings (SSSR count). The van der Waals surface area contributed by atoms with E-state index in [0.29, 0.717) is 29.8 Å². The van der Waals surface area contributed by atoms with Crippen LogP contribution in [0.25, 0.3) is 0 Å². The second kappa shape index (κ2) is 6.55. The highest BCUT2D eigenvalue weighted by Crippen LogP contribution is 2.22. The van der Waals surface area contributed by atoms with Crippen LogP contribution in [-0.2, 0) is 4.79 Å². The first-order valence-electron chi connectivity index (χ1n) is 5.93. The molecule has 0 heterocycles. The molecule has 0 aliphatic heterocycles. The van der Waals surface area contributed by atoms with Crippen molar-refractivity contribution in [1.82, 2.24) is 0 Å². The van der Waals surface area contributed by atoms with Gasteiger partial charge in [0.1, 0.15) is 0 Å². The fraction of sp³-hybridized carbons (Fsp3) is 0.429. The van der Waals surface area contributed by atoms with Gasteiger partial charge >= 0.3 is 5.97 Å². The highest BCUT2D eigenvalue weighted by atomic mass is 35.5. The molecule has 0 saturated carbocycles. The minimum atomic E-state index is -0.819. The number of hydrogen-bond donors (Lipinski definition) is 1. The van der Waals surface area contributed by atoms with Crippen molar-refractivity contribution in [1.29, 1.82) is 0 Å². The van der Waals surface area contributed by atoms with Gasteiger partial charge < -0.3 is 5.11 Å². The van der Waals surface area contributed by atoms with E-state index in [-0.39, 0.29) is 12.2 Å². The SMILES string of the molecule is Cc1cc(C(=O)CCCCC(=O)O)c(C)cc1Cl. The smallest absolute Gasteiger partial charge is 0.303 e. The normalized spacial score (nSPS) is 10.4. The topological polar surface area (TPSA) is 54.4 Å². The van der Waals surface area contributed by atoms with Gasteiger partial charge in [-0.15, -0.1) is 0 Å². The van der Waals surface area contributed by atoms with Crippen LogP contribution in [0.1, 0.15) is 47.2 Å². The van der Waals surface area contributed by atoms with Crippen molar-refractivity contribution in [3.8, 4) is 0 Å². The Bertz CT molecular complexity index is 466. The zero-order valence-electron chi connectivity index (χ0n) is 10.6. The van der Waals surface area contributed by atoms with E-state index in [0.717, 1.165) is 11.1 Å². The molecular weight excluding hydrogens is 252 g/mol. The first kappa shape index (κ1) is 14.7. The van der Waals surface area contributed by atoms with E-state index in [1.165, 1.54) is 0 Å². The molecule has 0 saturated heterocycles. The van der Waals surface area contributed by atoms with Crippen LogP contribution in [-0.4, -0.2) is 16.9 Å². The van der Waals surface area contributed by atoms with Gasteiger partial charge in [0.25, 0.3) is 0 Å². The van der Waals surface area contributed by atoms with Gasteiger partial charge in [0.2, 0.25) is 0 Å². The number of aryl methyl sites for hydroxylation is 2. The quantitative estimate of drug-likeness (QED) is 0.631. The summed E-state index contributed by atoms with van der Waals surface area (Å²) in [6, 6.07) is 3.60. The van der Waals surface area contributed by atoms with E-state index < -0.39 is 5.97 Å². The van der Waals surface area contributed by atoms with E-state index >= 15 is 0 Å². The van der Waals surface area contributed by atoms with E-state index in [9.17, 15) is 9.59 Å². The van der Waals surface area contributed by atoms with Gasteiger partial charge in [-0.2, -0.15) is 0 Å². The van der Waals surface area contributed by atoms with Crippen LogP contribution in [0.3, 0.4) is 0 Å². The summed E-state index contributed by atoms with van der Waals surface area (Å²) in [5.74, 6) is -0.765. The van der Waals surface area contributed by atoms with Gasteiger partial charge in [0.15, 0.2) is 5.78 Å². The van der Waals surface area contributed by atoms with Crippen molar-refractivity contribution < 1.29 is 14.7 Å². The molecule has 1 N–H and O–H groups in total. The molecule has 0 radical (unpaired) electrons. The van der Waals surface area contributed by atoms with Crippen LogP contribution in [0.5, 0.6) is 0 Å². The minimum absolute atomic E-state index is 0.0534. The lowest BCUT2D eigenvalue weighted by Gasteiger charge is -2.07. The maximum absolute atomic E-state index is 12.0. The van der Waals surface area contributed by atoms with Crippen LogP contribution in [0.15, 0.2) is 12.1 Å². The van der Waals surface area contributed by atoms with E-state index in [1.807, 2.05) is 13.8 Å². The van der Waals surface area contributed by atoms with Crippen molar-refractivity contribution in [2.24, 2.45) is 0 Å². The number of carboxylic acids is 1. The molecule has 0 amide bonds. The molecule has 0 atom stereocenters. The lowest BCUT2D eigenvalue weighted by molar-refractivity contribution is -0.137. The van der Waals surface area contributed by atoms with Crippen molar-refractivity contribution in [2.75, 3.05) is 0 Å². The number of hydrogen-bond acceptors (Lipinski definition) is 2. The zero-order chi connectivity index (χ0) is 13.7. The van der Waals surface area contributed by atoms with Crippen molar-refractivity contribution in [3.05, 3.63) is 33.8 Å². The first-order chi connectivity index (χ1) is 8.41. The average Bonchev–Trinajstić information content (AvgIpc) is 2.28. The largest absolute Gasteiger partial charge is 0.481 e. The summed E-state index contributed by atoms with van der Waals surface area (Å²) in [6.07, 6.45) is 1.64. The third kappa shape index (κ3) is 4.15. The summed E-state index contributed by atoms with van der Waals surface area (Å²) in [7, 11) is 0. The Morgan fingerprint density at radius 1 is 1.11 bits per heavy atom. The van der Waals surface area contributed by atoms with E-state index in [1.54, 1.807) is 12.1 Å². The highest BCUT2D eigenvalue weighted by Gasteiger charge is 2.11. The second-order valence-electron chi connectivity index (χ2n) is 4.44. The number of carbonyl (C=O) groups is 2. The van der Waals surface area contributed by atoms with Crippen LogP contribution >= 0.6 is 11.6 Å². The summed E-state index contributed by atoms with van der Waals surface area (Å²) >= 11 is 5.98. The average molecular weight is 269 g/mol. The Balaban J connectivity index is 2.62. The molecule has 0 aliphatic rings. The first-order valence-corrected chi connectivity index (χ1v) is 6.31. The van der Waals surface area contributed by atoms with Crippen molar-refractivity contribution in [3.63, 3.8) is 0 Å². The fourth-order valence-electron chi connectivity index (χ4n) is 1.78. The molecule has 0 aromatic heterocycles. The minimum Gasteiger partial charge on any atom is -0.481 e. The van der Waals surface area contributed by atoms with Crippen molar-refractivity contribution in [2.45, 2.75) is 39.5 Å². The van der Waals surface area contributed by atoms with Gasteiger partial charge in [-0.3, -0.25) is 9.59 Å². The second-order valence-corrected chi connectivity index (χ2v) is 4.85. The standard InChI is InChI=1S/C14H17ClO3/c1-9-8-12(15)10(2)7-11(9)13(16)5-3-4-6-14(17)18/h7-8H,3-6H2,1-2H3,(H,17,18). The predicted molar refractivity (Wildman–Crippen MR) is 71.4 cm³/mol. The van der Waals surface area contributed by atoms with Gasteiger partial charge in [0.05, 0.1) is 0 Å². The molecule has 0 fully saturated rings. The molecule has 1 aromatic carbocycles. The predicted octanol–water partition coefficient (Wildman–Crippen LogP) is 3.78. The Morgan fingerprint density at radius 2 is 1.72 bits per heavy atom. The lowest BCUT2D eigenvalue weighted by Crippen LogP contribution is -2.03. The number of Topliss-reactive ketones (excluding diaryl/α,β-unsaturated/α-hetero) is 1. The number of unbranched alkanes of at least 4 members (excludes halogenated alkanes) is 1. The summed E-state index contributed by atoms with van der Waals surface area (Å²) < 4.78 is 0. The maximum Gasteiger partial charge on any atom is 0.303 e. The molecule has 18 heavy (non-hydrogen) atoms. The number of rotatable bonds is 6. The Hall–Kier alpha value is -1.35. The number of carbonyl (C=O) groups excluding carboxylic acids is 1. The third-order valence-corrected chi connectivity index (χ3v) is 3.26. The number of benzene rings is 1. The van der Waals surface area contributed by atoms with Gasteiger partial charge in [0, 0.05) is 23.4 Å². The van der Waals surface area contributed by atoms with Gasteiger partial charge in [-0.25, -0.2) is 0 Å². The van der Waals surface area contributed by atoms with Crippen LogP contribution in [0.4, 0.5) is 0 Å². The van der Waals surface area contributed by atoms with Crippen LogP contribution in [0, 0.1) is 13.8 Å². The Kier molecular flexibility index (Phi) is 5.35. The van der Waals surface area contributed by atoms with Crippen LogP contribution < -0.4 is 0 Å². The van der Waals surface area contributed by atoms with E-state index in [2.05, 4.69) is 0 Å². The molecule has 98 valence electrons. The van der Waals surface area contributed by atoms with Crippen molar-refractivity contribution >= 4 is 23.4 Å². The highest BCUT2D eigenvalue weighted by molar-refractivity contribution is 6.31. The molecule has 0 spiro atoms. The summed E-state index contributed by atoms with van der Waals surface area (Å²) in [6.45, 7) is 3.72. The summed E-state index contributed by atoms with van der Waals surface area (Å²) in [4.78, 5) is 22.3. The molecule has 1 aromatic rings. The zero-order valence-corrected chi connectivity index (χ0v) is 11.4. The van der Waals surface area contributed by atoms with E-state index in [4.69, 9.17) is 16.7 Å². The number of aliphatic carboxylic acids is 1.